The van der Waals surface area contributed by atoms with Gasteiger partial charge in [0.15, 0.2) is 0 Å². The van der Waals surface area contributed by atoms with Crippen molar-refractivity contribution in [2.75, 3.05) is 19.7 Å². The van der Waals surface area contributed by atoms with Crippen LogP contribution in [0.25, 0.3) is 0 Å². The monoisotopic (exact) mass is 219 g/mol. The third kappa shape index (κ3) is 2.89. The van der Waals surface area contributed by atoms with Gasteiger partial charge in [0.2, 0.25) is 0 Å². The predicted octanol–water partition coefficient (Wildman–Crippen LogP) is -1.45. The van der Waals surface area contributed by atoms with Gasteiger partial charge in [-0.05, 0) is 13.0 Å². The van der Waals surface area contributed by atoms with E-state index in [1.54, 1.807) is 0 Å². The standard InChI is InChI=1S/C10H21NO4/c1-2-3-4-11-5-8(13)10(15)9(14)7(11)6-12/h7-10,12-15H,2-6H2,1H3/t7-,8-,9-,10-/m1/s1. The van der Waals surface area contributed by atoms with Gasteiger partial charge in [0.1, 0.15) is 12.2 Å². The second kappa shape index (κ2) is 5.77. The molecule has 0 amide bonds. The molecule has 0 aromatic heterocycles. The van der Waals surface area contributed by atoms with Crippen LogP contribution in [0.2, 0.25) is 0 Å². The highest BCUT2D eigenvalue weighted by atomic mass is 16.4. The molecule has 1 fully saturated rings. The zero-order valence-corrected chi connectivity index (χ0v) is 9.08. The van der Waals surface area contributed by atoms with Crippen molar-refractivity contribution < 1.29 is 20.4 Å². The molecule has 5 heteroatoms. The minimum atomic E-state index is -1.15. The van der Waals surface area contributed by atoms with Gasteiger partial charge in [0.05, 0.1) is 18.8 Å². The fourth-order valence-electron chi connectivity index (χ4n) is 2.00. The zero-order valence-electron chi connectivity index (χ0n) is 9.08. The number of piperidine rings is 1. The van der Waals surface area contributed by atoms with Crippen LogP contribution in [0.3, 0.4) is 0 Å². The summed E-state index contributed by atoms with van der Waals surface area (Å²) in [5, 5.41) is 37.8. The van der Waals surface area contributed by atoms with Crippen LogP contribution in [-0.4, -0.2) is 69.4 Å². The Labute approximate surface area is 90.0 Å². The maximum atomic E-state index is 9.67. The summed E-state index contributed by atoms with van der Waals surface area (Å²) in [6, 6.07) is -0.463. The summed E-state index contributed by atoms with van der Waals surface area (Å²) in [6.07, 6.45) is -1.19. The minimum Gasteiger partial charge on any atom is -0.395 e. The summed E-state index contributed by atoms with van der Waals surface area (Å²) in [5.74, 6) is 0. The summed E-state index contributed by atoms with van der Waals surface area (Å²) < 4.78 is 0. The predicted molar refractivity (Wildman–Crippen MR) is 55.4 cm³/mol. The molecule has 4 N–H and O–H groups in total. The Bertz CT molecular complexity index is 190. The SMILES string of the molecule is CCCCN1C[C@@H](O)[C@@H](O)[C@H](O)[C@H]1CO. The molecule has 1 rings (SSSR count). The van der Waals surface area contributed by atoms with Crippen molar-refractivity contribution in [3.05, 3.63) is 0 Å². The Balaban J connectivity index is 2.60. The van der Waals surface area contributed by atoms with Crippen LogP contribution in [0.4, 0.5) is 0 Å². The number of unbranched alkanes of at least 4 members (excludes halogenated alkanes) is 1. The van der Waals surface area contributed by atoms with Crippen LogP contribution < -0.4 is 0 Å². The van der Waals surface area contributed by atoms with Gasteiger partial charge >= 0.3 is 0 Å². The van der Waals surface area contributed by atoms with Gasteiger partial charge in [-0.15, -0.1) is 0 Å². The quantitative estimate of drug-likeness (QED) is 0.465. The highest BCUT2D eigenvalue weighted by Crippen LogP contribution is 2.19. The molecule has 0 aromatic rings. The fraction of sp³-hybridized carbons (Fsp3) is 1.00. The average molecular weight is 219 g/mol. The first-order chi connectivity index (χ1) is 7.11. The molecular formula is C10H21NO4. The Hall–Kier alpha value is -0.200. The van der Waals surface area contributed by atoms with Gasteiger partial charge in [0, 0.05) is 6.54 Å². The van der Waals surface area contributed by atoms with E-state index in [0.717, 1.165) is 19.4 Å². The first kappa shape index (κ1) is 12.9. The Morgan fingerprint density at radius 2 is 1.87 bits per heavy atom. The molecule has 4 atom stereocenters. The lowest BCUT2D eigenvalue weighted by molar-refractivity contribution is -0.145. The lowest BCUT2D eigenvalue weighted by Crippen LogP contribution is -2.62. The number of hydrogen-bond acceptors (Lipinski definition) is 5. The number of likely N-dealkylation sites (tertiary alicyclic amines) is 1. The normalized spacial score (nSPS) is 38.2. The molecule has 0 radical (unpaired) electrons. The Morgan fingerprint density at radius 1 is 1.20 bits per heavy atom. The second-order valence-electron chi connectivity index (χ2n) is 4.15. The van der Waals surface area contributed by atoms with Crippen LogP contribution in [-0.2, 0) is 0 Å². The maximum Gasteiger partial charge on any atom is 0.109 e. The fourth-order valence-corrected chi connectivity index (χ4v) is 2.00. The van der Waals surface area contributed by atoms with Crippen molar-refractivity contribution in [2.45, 2.75) is 44.1 Å². The summed E-state index contributed by atoms with van der Waals surface area (Å²) >= 11 is 0. The Kier molecular flexibility index (Phi) is 4.95. The molecule has 0 aromatic carbocycles. The number of β-amino-alcohol motifs (C(OH)–C–C–N with tert-alkyl or cyclic N) is 1. The van der Waals surface area contributed by atoms with Crippen molar-refractivity contribution in [3.63, 3.8) is 0 Å². The molecule has 0 bridgehead atoms. The molecule has 15 heavy (non-hydrogen) atoms. The largest absolute Gasteiger partial charge is 0.395 e. The van der Waals surface area contributed by atoms with Crippen molar-refractivity contribution in [1.82, 2.24) is 4.90 Å². The van der Waals surface area contributed by atoms with E-state index >= 15 is 0 Å². The van der Waals surface area contributed by atoms with Crippen molar-refractivity contribution in [2.24, 2.45) is 0 Å². The van der Waals surface area contributed by atoms with E-state index in [0.29, 0.717) is 6.54 Å². The van der Waals surface area contributed by atoms with Crippen LogP contribution in [0.1, 0.15) is 19.8 Å². The first-order valence-corrected chi connectivity index (χ1v) is 5.51. The van der Waals surface area contributed by atoms with E-state index in [2.05, 4.69) is 6.92 Å². The summed E-state index contributed by atoms with van der Waals surface area (Å²) in [5.41, 5.74) is 0. The molecule has 0 saturated carbocycles. The molecule has 5 nitrogen and oxygen atoms in total. The van der Waals surface area contributed by atoms with E-state index in [4.69, 9.17) is 5.11 Å². The van der Waals surface area contributed by atoms with Crippen LogP contribution in [0.5, 0.6) is 0 Å². The van der Waals surface area contributed by atoms with Gasteiger partial charge < -0.3 is 20.4 Å². The van der Waals surface area contributed by atoms with Crippen molar-refractivity contribution >= 4 is 0 Å². The van der Waals surface area contributed by atoms with Gasteiger partial charge in [-0.2, -0.15) is 0 Å². The maximum absolute atomic E-state index is 9.67. The second-order valence-corrected chi connectivity index (χ2v) is 4.15. The topological polar surface area (TPSA) is 84.2 Å². The van der Waals surface area contributed by atoms with Crippen molar-refractivity contribution in [1.29, 1.82) is 0 Å². The Morgan fingerprint density at radius 3 is 2.40 bits per heavy atom. The van der Waals surface area contributed by atoms with Gasteiger partial charge in [-0.1, -0.05) is 13.3 Å². The molecule has 90 valence electrons. The van der Waals surface area contributed by atoms with E-state index in [9.17, 15) is 15.3 Å². The lowest BCUT2D eigenvalue weighted by atomic mass is 9.94. The van der Waals surface area contributed by atoms with E-state index in [-0.39, 0.29) is 6.61 Å². The molecule has 1 saturated heterocycles. The first-order valence-electron chi connectivity index (χ1n) is 5.51. The number of rotatable bonds is 4. The smallest absolute Gasteiger partial charge is 0.109 e. The molecule has 1 aliphatic rings. The molecule has 1 aliphatic heterocycles. The number of hydrogen-bond donors (Lipinski definition) is 4. The lowest BCUT2D eigenvalue weighted by Gasteiger charge is -2.43. The summed E-state index contributed by atoms with van der Waals surface area (Å²) in [7, 11) is 0. The zero-order chi connectivity index (χ0) is 11.4. The third-order valence-corrected chi connectivity index (χ3v) is 3.01. The van der Waals surface area contributed by atoms with E-state index < -0.39 is 24.4 Å². The van der Waals surface area contributed by atoms with E-state index in [1.807, 2.05) is 4.90 Å². The van der Waals surface area contributed by atoms with Gasteiger partial charge in [0.25, 0.3) is 0 Å². The average Bonchev–Trinajstić information content (AvgIpc) is 2.23. The van der Waals surface area contributed by atoms with Crippen LogP contribution in [0.15, 0.2) is 0 Å². The number of aliphatic hydroxyl groups excluding tert-OH is 4. The van der Waals surface area contributed by atoms with Gasteiger partial charge in [-0.3, -0.25) is 4.90 Å². The minimum absolute atomic E-state index is 0.200. The summed E-state index contributed by atoms with van der Waals surface area (Å²) in [6.45, 7) is 2.89. The third-order valence-electron chi connectivity index (χ3n) is 3.01. The number of aliphatic hydroxyl groups is 4. The molecule has 0 aliphatic carbocycles. The van der Waals surface area contributed by atoms with Crippen molar-refractivity contribution in [3.8, 4) is 0 Å². The highest BCUT2D eigenvalue weighted by molar-refractivity contribution is 4.93. The van der Waals surface area contributed by atoms with Crippen LogP contribution >= 0.6 is 0 Å². The number of nitrogens with zero attached hydrogens (tertiary/aromatic N) is 1. The molecular weight excluding hydrogens is 198 g/mol. The molecule has 1 heterocycles. The molecule has 0 spiro atoms. The van der Waals surface area contributed by atoms with E-state index in [1.165, 1.54) is 0 Å². The van der Waals surface area contributed by atoms with Gasteiger partial charge in [-0.25, -0.2) is 0 Å². The highest BCUT2D eigenvalue weighted by Gasteiger charge is 2.40. The molecule has 0 unspecified atom stereocenters. The van der Waals surface area contributed by atoms with Crippen LogP contribution in [0, 0.1) is 0 Å². The summed E-state index contributed by atoms with van der Waals surface area (Å²) in [4.78, 5) is 1.84.